The van der Waals surface area contributed by atoms with E-state index < -0.39 is 0 Å². The number of nitrogens with one attached hydrogen (secondary N) is 1. The summed E-state index contributed by atoms with van der Waals surface area (Å²) < 4.78 is 0. The largest absolute Gasteiger partial charge is 0.398 e. The summed E-state index contributed by atoms with van der Waals surface area (Å²) in [6, 6.07) is 13.0. The van der Waals surface area contributed by atoms with E-state index in [2.05, 4.69) is 15.3 Å². The summed E-state index contributed by atoms with van der Waals surface area (Å²) in [7, 11) is 0. The third-order valence-corrected chi connectivity index (χ3v) is 3.57. The number of benzene rings is 2. The van der Waals surface area contributed by atoms with Crippen molar-refractivity contribution < 1.29 is 4.79 Å². The van der Waals surface area contributed by atoms with Crippen LogP contribution >= 0.6 is 0 Å². The first kappa shape index (κ1) is 14.7. The normalized spacial score (nSPS) is 10.3. The van der Waals surface area contributed by atoms with Crippen LogP contribution in [0.2, 0.25) is 0 Å². The molecule has 0 fully saturated rings. The predicted molar refractivity (Wildman–Crippen MR) is 91.7 cm³/mol. The minimum Gasteiger partial charge on any atom is -0.398 e. The molecule has 5 nitrogen and oxygen atoms in total. The summed E-state index contributed by atoms with van der Waals surface area (Å²) in [5.41, 5.74) is 11.0. The van der Waals surface area contributed by atoms with Gasteiger partial charge in [-0.3, -0.25) is 4.79 Å². The quantitative estimate of drug-likeness (QED) is 0.568. The zero-order valence-corrected chi connectivity index (χ0v) is 12.7. The van der Waals surface area contributed by atoms with E-state index in [4.69, 9.17) is 5.73 Å². The molecule has 0 aliphatic carbocycles. The second-order valence-electron chi connectivity index (χ2n) is 5.23. The zero-order valence-electron chi connectivity index (χ0n) is 12.7. The number of aldehydes is 1. The number of anilines is 3. The molecule has 0 bridgehead atoms. The van der Waals surface area contributed by atoms with Crippen molar-refractivity contribution in [3.63, 3.8) is 0 Å². The monoisotopic (exact) mass is 304 g/mol. The molecule has 5 heteroatoms. The molecule has 0 aliphatic rings. The van der Waals surface area contributed by atoms with Crippen molar-refractivity contribution in [1.82, 2.24) is 9.97 Å². The molecule has 2 aromatic carbocycles. The number of carbonyl (C=O) groups excluding carboxylic acids is 1. The van der Waals surface area contributed by atoms with Gasteiger partial charge in [0.05, 0.1) is 0 Å². The Hall–Kier alpha value is -3.21. The molecule has 3 aromatic rings. The fourth-order valence-electron chi connectivity index (χ4n) is 2.14. The zero-order chi connectivity index (χ0) is 16.2. The molecule has 1 aromatic heterocycles. The van der Waals surface area contributed by atoms with E-state index in [9.17, 15) is 4.79 Å². The first-order valence-electron chi connectivity index (χ1n) is 7.16. The van der Waals surface area contributed by atoms with Crippen molar-refractivity contribution in [1.29, 1.82) is 0 Å². The van der Waals surface area contributed by atoms with E-state index in [1.807, 2.05) is 37.3 Å². The van der Waals surface area contributed by atoms with Gasteiger partial charge in [-0.25, -0.2) is 9.97 Å². The van der Waals surface area contributed by atoms with Crippen molar-refractivity contribution in [3.05, 3.63) is 66.0 Å². The Kier molecular flexibility index (Phi) is 4.01. The van der Waals surface area contributed by atoms with E-state index in [0.29, 0.717) is 11.5 Å². The van der Waals surface area contributed by atoms with E-state index in [1.54, 1.807) is 24.5 Å². The summed E-state index contributed by atoms with van der Waals surface area (Å²) in [5, 5.41) is 3.12. The molecule has 3 rings (SSSR count). The van der Waals surface area contributed by atoms with Gasteiger partial charge in [0, 0.05) is 34.9 Å². The number of hydrogen-bond donors (Lipinski definition) is 2. The highest BCUT2D eigenvalue weighted by Gasteiger charge is 2.03. The smallest absolute Gasteiger partial charge is 0.227 e. The third-order valence-electron chi connectivity index (χ3n) is 3.57. The average Bonchev–Trinajstić information content (AvgIpc) is 2.59. The molecule has 0 amide bonds. The molecule has 0 spiro atoms. The topological polar surface area (TPSA) is 80.9 Å². The lowest BCUT2D eigenvalue weighted by Crippen LogP contribution is -1.98. The number of aryl methyl sites for hydroxylation is 1. The lowest BCUT2D eigenvalue weighted by molar-refractivity contribution is 0.112. The lowest BCUT2D eigenvalue weighted by Gasteiger charge is -2.08. The second-order valence-corrected chi connectivity index (χ2v) is 5.23. The minimum absolute atomic E-state index is 0.501. The fraction of sp³-hybridized carbons (Fsp3) is 0.0556. The number of aromatic nitrogens is 2. The van der Waals surface area contributed by atoms with Gasteiger partial charge in [0.2, 0.25) is 5.95 Å². The first-order valence-corrected chi connectivity index (χ1v) is 7.16. The van der Waals surface area contributed by atoms with Gasteiger partial charge in [-0.2, -0.15) is 0 Å². The predicted octanol–water partition coefficient (Wildman–Crippen LogP) is 3.59. The van der Waals surface area contributed by atoms with Gasteiger partial charge < -0.3 is 11.1 Å². The highest BCUT2D eigenvalue weighted by Crippen LogP contribution is 2.21. The number of rotatable bonds is 4. The van der Waals surface area contributed by atoms with Crippen molar-refractivity contribution in [2.75, 3.05) is 11.1 Å². The molecule has 114 valence electrons. The lowest BCUT2D eigenvalue weighted by atomic mass is 10.1. The molecule has 3 N–H and O–H groups in total. The SMILES string of the molecule is Cc1ccc(Nc2ncc(-c3ccc(C=O)cc3)cn2)cc1N. The Morgan fingerprint density at radius 1 is 1.00 bits per heavy atom. The van der Waals surface area contributed by atoms with Gasteiger partial charge in [-0.1, -0.05) is 30.3 Å². The molecule has 0 atom stereocenters. The van der Waals surface area contributed by atoms with Crippen LogP contribution in [-0.2, 0) is 0 Å². The van der Waals surface area contributed by atoms with Crippen molar-refractivity contribution in [2.24, 2.45) is 0 Å². The van der Waals surface area contributed by atoms with Crippen LogP contribution in [0, 0.1) is 6.92 Å². The summed E-state index contributed by atoms with van der Waals surface area (Å²) >= 11 is 0. The molecule has 23 heavy (non-hydrogen) atoms. The maximum absolute atomic E-state index is 10.7. The molecule has 0 radical (unpaired) electrons. The highest BCUT2D eigenvalue weighted by molar-refractivity contribution is 5.76. The van der Waals surface area contributed by atoms with Crippen LogP contribution in [0.3, 0.4) is 0 Å². The number of carbonyl (C=O) groups is 1. The highest BCUT2D eigenvalue weighted by atomic mass is 16.1. The van der Waals surface area contributed by atoms with Crippen LogP contribution in [0.1, 0.15) is 15.9 Å². The van der Waals surface area contributed by atoms with Gasteiger partial charge in [-0.05, 0) is 30.2 Å². The average molecular weight is 304 g/mol. The van der Waals surface area contributed by atoms with Gasteiger partial charge >= 0.3 is 0 Å². The van der Waals surface area contributed by atoms with Crippen LogP contribution in [-0.4, -0.2) is 16.3 Å². The van der Waals surface area contributed by atoms with E-state index in [1.165, 1.54) is 0 Å². The van der Waals surface area contributed by atoms with Gasteiger partial charge in [0.25, 0.3) is 0 Å². The van der Waals surface area contributed by atoms with Gasteiger partial charge in [0.1, 0.15) is 6.29 Å². The molecular weight excluding hydrogens is 288 g/mol. The molecule has 0 saturated heterocycles. The number of hydrogen-bond acceptors (Lipinski definition) is 5. The molecule has 0 aliphatic heterocycles. The summed E-state index contributed by atoms with van der Waals surface area (Å²) in [6.07, 6.45) is 4.30. The Labute approximate surface area is 134 Å². The minimum atomic E-state index is 0.501. The van der Waals surface area contributed by atoms with Gasteiger partial charge in [0.15, 0.2) is 0 Å². The maximum atomic E-state index is 10.7. The summed E-state index contributed by atoms with van der Waals surface area (Å²) in [4.78, 5) is 19.3. The van der Waals surface area contributed by atoms with E-state index >= 15 is 0 Å². The van der Waals surface area contributed by atoms with Crippen molar-refractivity contribution >= 4 is 23.6 Å². The number of nitrogens with two attached hydrogens (primary N) is 1. The van der Waals surface area contributed by atoms with Crippen LogP contribution in [0.4, 0.5) is 17.3 Å². The number of nitrogens with zero attached hydrogens (tertiary/aromatic N) is 2. The Morgan fingerprint density at radius 3 is 2.30 bits per heavy atom. The molecule has 0 saturated carbocycles. The Bertz CT molecular complexity index is 827. The summed E-state index contributed by atoms with van der Waals surface area (Å²) in [6.45, 7) is 1.96. The van der Waals surface area contributed by atoms with Crippen LogP contribution in [0.25, 0.3) is 11.1 Å². The van der Waals surface area contributed by atoms with Crippen molar-refractivity contribution in [2.45, 2.75) is 6.92 Å². The molecule has 1 heterocycles. The third kappa shape index (κ3) is 3.35. The van der Waals surface area contributed by atoms with Crippen LogP contribution in [0.15, 0.2) is 54.9 Å². The number of nitrogen functional groups attached to an aromatic ring is 1. The Morgan fingerprint density at radius 2 is 1.70 bits per heavy atom. The standard InChI is InChI=1S/C18H16N4O/c1-12-2-7-16(8-17(12)19)22-18-20-9-15(10-21-18)14-5-3-13(11-23)4-6-14/h2-11H,19H2,1H3,(H,20,21,22). The van der Waals surface area contributed by atoms with E-state index in [0.717, 1.165) is 34.4 Å². The molecule has 0 unspecified atom stereocenters. The van der Waals surface area contributed by atoms with Crippen LogP contribution < -0.4 is 11.1 Å². The first-order chi connectivity index (χ1) is 11.2. The van der Waals surface area contributed by atoms with E-state index in [-0.39, 0.29) is 0 Å². The second kappa shape index (κ2) is 6.27. The molecular formula is C18H16N4O. The van der Waals surface area contributed by atoms with Gasteiger partial charge in [-0.15, -0.1) is 0 Å². The van der Waals surface area contributed by atoms with Crippen molar-refractivity contribution in [3.8, 4) is 11.1 Å². The maximum Gasteiger partial charge on any atom is 0.227 e. The summed E-state index contributed by atoms with van der Waals surface area (Å²) in [5.74, 6) is 0.501. The fourth-order valence-corrected chi connectivity index (χ4v) is 2.14. The Balaban J connectivity index is 1.78. The van der Waals surface area contributed by atoms with Crippen LogP contribution in [0.5, 0.6) is 0 Å².